The van der Waals surface area contributed by atoms with Gasteiger partial charge in [0.1, 0.15) is 5.82 Å². The molecule has 0 aliphatic carbocycles. The largest absolute Gasteiger partial charge is 0.316 e. The first kappa shape index (κ1) is 14.4. The predicted octanol–water partition coefficient (Wildman–Crippen LogP) is 0.999. The molecular formula is C9H15Cl2N3O. The summed E-state index contributed by atoms with van der Waals surface area (Å²) in [7, 11) is 0. The Morgan fingerprint density at radius 1 is 1.47 bits per heavy atom. The van der Waals surface area contributed by atoms with E-state index in [9.17, 15) is 4.79 Å². The summed E-state index contributed by atoms with van der Waals surface area (Å²) in [6.45, 7) is 3.78. The Balaban J connectivity index is 0.000000980. The van der Waals surface area contributed by atoms with Crippen molar-refractivity contribution in [3.8, 4) is 0 Å². The molecule has 1 aromatic rings. The summed E-state index contributed by atoms with van der Waals surface area (Å²) in [6, 6.07) is 1.60. The summed E-state index contributed by atoms with van der Waals surface area (Å²) in [6.07, 6.45) is 1.08. The fourth-order valence-corrected chi connectivity index (χ4v) is 1.72. The van der Waals surface area contributed by atoms with E-state index in [1.165, 1.54) is 0 Å². The van der Waals surface area contributed by atoms with Gasteiger partial charge in [-0.3, -0.25) is 4.79 Å². The van der Waals surface area contributed by atoms with Gasteiger partial charge in [-0.2, -0.15) is 0 Å². The lowest BCUT2D eigenvalue weighted by molar-refractivity contribution is 0.721. The quantitative estimate of drug-likeness (QED) is 0.783. The minimum Gasteiger partial charge on any atom is -0.316 e. The topological polar surface area (TPSA) is 57.8 Å². The molecular weight excluding hydrogens is 237 g/mol. The number of H-pyrrole nitrogens is 1. The minimum atomic E-state index is -0.0469. The van der Waals surface area contributed by atoms with Crippen LogP contribution in [0.3, 0.4) is 0 Å². The maximum Gasteiger partial charge on any atom is 0.251 e. The van der Waals surface area contributed by atoms with Crippen molar-refractivity contribution in [3.63, 3.8) is 0 Å². The van der Waals surface area contributed by atoms with Crippen LogP contribution in [0, 0.1) is 6.92 Å². The zero-order chi connectivity index (χ0) is 9.26. The van der Waals surface area contributed by atoms with Gasteiger partial charge in [0.05, 0.1) is 5.69 Å². The summed E-state index contributed by atoms with van der Waals surface area (Å²) in [5.74, 6) is 1.12. The van der Waals surface area contributed by atoms with E-state index in [-0.39, 0.29) is 30.4 Å². The van der Waals surface area contributed by atoms with Gasteiger partial charge < -0.3 is 10.3 Å². The highest BCUT2D eigenvalue weighted by Crippen LogP contribution is 2.18. The number of hydrogen-bond donors (Lipinski definition) is 2. The molecule has 0 amide bonds. The molecule has 1 saturated heterocycles. The molecule has 2 rings (SSSR count). The maximum atomic E-state index is 11.2. The number of nitrogens with zero attached hydrogens (tertiary/aromatic N) is 1. The summed E-state index contributed by atoms with van der Waals surface area (Å²) >= 11 is 0. The third-order valence-corrected chi connectivity index (χ3v) is 2.36. The van der Waals surface area contributed by atoms with Crippen LogP contribution < -0.4 is 10.9 Å². The number of halogens is 2. The van der Waals surface area contributed by atoms with Crippen molar-refractivity contribution in [2.24, 2.45) is 0 Å². The third kappa shape index (κ3) is 3.48. The van der Waals surface area contributed by atoms with Crippen LogP contribution in [0.25, 0.3) is 0 Å². The second-order valence-corrected chi connectivity index (χ2v) is 3.45. The normalized spacial score (nSPS) is 19.1. The highest BCUT2D eigenvalue weighted by Gasteiger charge is 2.18. The van der Waals surface area contributed by atoms with Crippen LogP contribution in [0.4, 0.5) is 0 Å². The first-order valence-corrected chi connectivity index (χ1v) is 4.54. The first-order chi connectivity index (χ1) is 6.25. The van der Waals surface area contributed by atoms with Gasteiger partial charge in [0.2, 0.25) is 0 Å². The Morgan fingerprint density at radius 3 is 2.73 bits per heavy atom. The summed E-state index contributed by atoms with van der Waals surface area (Å²) in [4.78, 5) is 18.1. The number of aromatic nitrogens is 2. The van der Waals surface area contributed by atoms with E-state index < -0.39 is 0 Å². The van der Waals surface area contributed by atoms with Crippen molar-refractivity contribution in [1.82, 2.24) is 15.3 Å². The van der Waals surface area contributed by atoms with E-state index in [4.69, 9.17) is 0 Å². The molecule has 0 bridgehead atoms. The molecule has 1 aliphatic heterocycles. The molecule has 1 unspecified atom stereocenters. The second-order valence-electron chi connectivity index (χ2n) is 3.45. The molecule has 0 radical (unpaired) electrons. The highest BCUT2D eigenvalue weighted by molar-refractivity contribution is 5.85. The van der Waals surface area contributed by atoms with E-state index >= 15 is 0 Å². The van der Waals surface area contributed by atoms with Crippen molar-refractivity contribution in [2.45, 2.75) is 19.3 Å². The average Bonchev–Trinajstić information content (AvgIpc) is 2.53. The van der Waals surface area contributed by atoms with Crippen LogP contribution in [0.15, 0.2) is 10.9 Å². The molecule has 0 spiro atoms. The van der Waals surface area contributed by atoms with E-state index in [1.54, 1.807) is 6.07 Å². The Kier molecular flexibility index (Phi) is 5.87. The van der Waals surface area contributed by atoms with Crippen molar-refractivity contribution in [1.29, 1.82) is 0 Å². The number of rotatable bonds is 1. The zero-order valence-electron chi connectivity index (χ0n) is 8.45. The number of aryl methyl sites for hydroxylation is 1. The van der Waals surface area contributed by atoms with E-state index in [1.807, 2.05) is 6.92 Å². The van der Waals surface area contributed by atoms with Gasteiger partial charge in [0.15, 0.2) is 0 Å². The molecule has 6 heteroatoms. The first-order valence-electron chi connectivity index (χ1n) is 4.54. The average molecular weight is 252 g/mol. The lowest BCUT2D eigenvalue weighted by Crippen LogP contribution is -2.15. The molecule has 0 aromatic carbocycles. The number of nitrogens with one attached hydrogen (secondary N) is 2. The van der Waals surface area contributed by atoms with Gasteiger partial charge >= 0.3 is 0 Å². The van der Waals surface area contributed by atoms with Crippen molar-refractivity contribution >= 4 is 24.8 Å². The van der Waals surface area contributed by atoms with Crippen LogP contribution in [-0.4, -0.2) is 23.1 Å². The van der Waals surface area contributed by atoms with Crippen LogP contribution >= 0.6 is 24.8 Å². The Bertz CT molecular complexity index is 361. The molecule has 86 valence electrons. The monoisotopic (exact) mass is 251 g/mol. The second kappa shape index (κ2) is 6.10. The van der Waals surface area contributed by atoms with E-state index in [0.717, 1.165) is 25.2 Å². The fraction of sp³-hybridized carbons (Fsp3) is 0.556. The van der Waals surface area contributed by atoms with Crippen LogP contribution in [0.1, 0.15) is 23.9 Å². The summed E-state index contributed by atoms with van der Waals surface area (Å²) in [5, 5.41) is 3.26. The summed E-state index contributed by atoms with van der Waals surface area (Å²) in [5.41, 5.74) is 0.876. The van der Waals surface area contributed by atoms with Gasteiger partial charge in [0.25, 0.3) is 5.56 Å². The predicted molar refractivity (Wildman–Crippen MR) is 64.3 cm³/mol. The van der Waals surface area contributed by atoms with Crippen molar-refractivity contribution in [2.75, 3.05) is 13.1 Å². The standard InChI is InChI=1S/C9H13N3O.2ClH/c1-6-11-8(4-9(13)12-6)7-2-3-10-5-7;;/h4,7,10H,2-3,5H2,1H3,(H,11,12,13);2*1H. The minimum absolute atomic E-state index is 0. The maximum absolute atomic E-state index is 11.2. The van der Waals surface area contributed by atoms with Gasteiger partial charge in [-0.15, -0.1) is 24.8 Å². The molecule has 4 nitrogen and oxygen atoms in total. The van der Waals surface area contributed by atoms with Gasteiger partial charge in [0, 0.05) is 18.5 Å². The third-order valence-electron chi connectivity index (χ3n) is 2.36. The van der Waals surface area contributed by atoms with E-state index in [0.29, 0.717) is 11.7 Å². The fourth-order valence-electron chi connectivity index (χ4n) is 1.72. The molecule has 1 aliphatic rings. The molecule has 0 saturated carbocycles. The smallest absolute Gasteiger partial charge is 0.251 e. The Morgan fingerprint density at radius 2 is 2.20 bits per heavy atom. The van der Waals surface area contributed by atoms with Crippen LogP contribution in [0.5, 0.6) is 0 Å². The molecule has 2 N–H and O–H groups in total. The zero-order valence-corrected chi connectivity index (χ0v) is 10.1. The van der Waals surface area contributed by atoms with Crippen molar-refractivity contribution in [3.05, 3.63) is 27.9 Å². The van der Waals surface area contributed by atoms with Gasteiger partial charge in [-0.25, -0.2) is 4.98 Å². The molecule has 1 atom stereocenters. The number of aromatic amines is 1. The number of hydrogen-bond acceptors (Lipinski definition) is 3. The SMILES string of the molecule is Cc1nc(C2CCNC2)cc(=O)[nH]1.Cl.Cl. The Hall–Kier alpha value is -0.580. The van der Waals surface area contributed by atoms with Crippen LogP contribution in [-0.2, 0) is 0 Å². The van der Waals surface area contributed by atoms with Crippen molar-refractivity contribution < 1.29 is 0 Å². The van der Waals surface area contributed by atoms with E-state index in [2.05, 4.69) is 15.3 Å². The highest BCUT2D eigenvalue weighted by atomic mass is 35.5. The van der Waals surface area contributed by atoms with Gasteiger partial charge in [-0.1, -0.05) is 0 Å². The lowest BCUT2D eigenvalue weighted by Gasteiger charge is -2.06. The molecule has 1 aromatic heterocycles. The molecule has 2 heterocycles. The van der Waals surface area contributed by atoms with Gasteiger partial charge in [-0.05, 0) is 19.9 Å². The molecule has 15 heavy (non-hydrogen) atoms. The summed E-state index contributed by atoms with van der Waals surface area (Å²) < 4.78 is 0. The van der Waals surface area contributed by atoms with Crippen LogP contribution in [0.2, 0.25) is 0 Å². The molecule has 1 fully saturated rings. The Labute approximate surface area is 101 Å². The lowest BCUT2D eigenvalue weighted by atomic mass is 10.1.